The highest BCUT2D eigenvalue weighted by Gasteiger charge is 2.22. The van der Waals surface area contributed by atoms with Crippen LogP contribution in [0, 0.1) is 13.8 Å². The summed E-state index contributed by atoms with van der Waals surface area (Å²) in [6, 6.07) is 21.0. The van der Waals surface area contributed by atoms with Crippen molar-refractivity contribution in [3.63, 3.8) is 0 Å². The fourth-order valence-corrected chi connectivity index (χ4v) is 5.90. The van der Waals surface area contributed by atoms with Gasteiger partial charge in [0.05, 0.1) is 0 Å². The summed E-state index contributed by atoms with van der Waals surface area (Å²) in [6.45, 7) is 3.30. The van der Waals surface area contributed by atoms with Crippen LogP contribution in [0.2, 0.25) is 0 Å². The van der Waals surface area contributed by atoms with Crippen molar-refractivity contribution in [2.75, 3.05) is 0 Å². The number of rotatable bonds is 6. The van der Waals surface area contributed by atoms with Gasteiger partial charge in [0, 0.05) is 22.9 Å². The maximum Gasteiger partial charge on any atom is 0.339 e. The molecule has 0 radical (unpaired) electrons. The highest BCUT2D eigenvalue weighted by atomic mass is 32.2. The summed E-state index contributed by atoms with van der Waals surface area (Å²) in [4.78, 5) is -0.386. The number of hydrogen-bond acceptors (Lipinski definition) is 8. The summed E-state index contributed by atoms with van der Waals surface area (Å²) in [5.41, 5.74) is 1.06. The molecule has 0 aliphatic carbocycles. The molecule has 0 saturated heterocycles. The van der Waals surface area contributed by atoms with Gasteiger partial charge >= 0.3 is 20.2 Å². The molecule has 0 saturated carbocycles. The maximum absolute atomic E-state index is 12.9. The van der Waals surface area contributed by atoms with Gasteiger partial charge in [0.2, 0.25) is 0 Å². The minimum absolute atomic E-state index is 0.0681. The van der Waals surface area contributed by atoms with E-state index in [1.807, 2.05) is 0 Å². The van der Waals surface area contributed by atoms with E-state index in [4.69, 9.17) is 8.37 Å². The minimum atomic E-state index is -4.25. The van der Waals surface area contributed by atoms with Gasteiger partial charge in [-0.25, -0.2) is 0 Å². The predicted octanol–water partition coefficient (Wildman–Crippen LogP) is 5.56. The van der Waals surface area contributed by atoms with Gasteiger partial charge in [-0.05, 0) is 72.1 Å². The van der Waals surface area contributed by atoms with Crippen LogP contribution in [-0.2, 0) is 20.2 Å². The molecular weight excluding hydrogens is 528 g/mol. The van der Waals surface area contributed by atoms with Crippen molar-refractivity contribution in [1.29, 1.82) is 0 Å². The standard InChI is InChI=1S/C28H22O8S2/c1-17-9-11-21(15-25(17)29)37(31,32)35-27-7-3-5-19-14-24-20(13-23(19)27)6-4-8-28(24)36-38(33,34)22-12-10-18(2)26(30)16-22/h3-16,29-30H,1-2H3. The molecule has 38 heavy (non-hydrogen) atoms. The maximum atomic E-state index is 12.9. The molecular formula is C28H22O8S2. The predicted molar refractivity (Wildman–Crippen MR) is 143 cm³/mol. The van der Waals surface area contributed by atoms with Crippen molar-refractivity contribution in [1.82, 2.24) is 0 Å². The second-order valence-corrected chi connectivity index (χ2v) is 11.9. The van der Waals surface area contributed by atoms with Crippen LogP contribution in [0.15, 0.2) is 94.7 Å². The van der Waals surface area contributed by atoms with Crippen LogP contribution in [0.1, 0.15) is 11.1 Å². The van der Waals surface area contributed by atoms with Crippen LogP contribution in [0.3, 0.4) is 0 Å². The van der Waals surface area contributed by atoms with E-state index in [9.17, 15) is 27.0 Å². The summed E-state index contributed by atoms with van der Waals surface area (Å²) < 4.78 is 62.6. The van der Waals surface area contributed by atoms with E-state index in [0.29, 0.717) is 32.7 Å². The molecule has 5 rings (SSSR count). The van der Waals surface area contributed by atoms with E-state index in [0.717, 1.165) is 12.1 Å². The Morgan fingerprint density at radius 3 is 1.32 bits per heavy atom. The molecule has 0 aliphatic heterocycles. The fourth-order valence-electron chi connectivity index (χ4n) is 3.96. The lowest BCUT2D eigenvalue weighted by Crippen LogP contribution is -2.10. The SMILES string of the molecule is Cc1ccc(S(=O)(=O)Oc2cccc3cc4c(OS(=O)(=O)c5ccc(C)c(O)c5)cccc4cc23)cc1O. The van der Waals surface area contributed by atoms with Crippen LogP contribution < -0.4 is 8.37 Å². The minimum Gasteiger partial charge on any atom is -0.508 e. The van der Waals surface area contributed by atoms with Gasteiger partial charge in [-0.2, -0.15) is 16.8 Å². The van der Waals surface area contributed by atoms with Gasteiger partial charge in [-0.1, -0.05) is 36.4 Å². The van der Waals surface area contributed by atoms with Crippen LogP contribution in [0.5, 0.6) is 23.0 Å². The van der Waals surface area contributed by atoms with E-state index in [-0.39, 0.29) is 32.8 Å². The molecule has 5 aromatic carbocycles. The van der Waals surface area contributed by atoms with Gasteiger partial charge in [0.25, 0.3) is 0 Å². The monoisotopic (exact) mass is 550 g/mol. The molecule has 0 heterocycles. The molecule has 5 aromatic rings. The first kappa shape index (κ1) is 25.4. The van der Waals surface area contributed by atoms with Gasteiger partial charge < -0.3 is 18.6 Å². The molecule has 194 valence electrons. The number of fused-ring (bicyclic) bond motifs is 2. The molecule has 8 nitrogen and oxygen atoms in total. The number of aryl methyl sites for hydroxylation is 2. The van der Waals surface area contributed by atoms with Gasteiger partial charge in [-0.15, -0.1) is 0 Å². The summed E-state index contributed by atoms with van der Waals surface area (Å²) in [5.74, 6) is -0.194. The van der Waals surface area contributed by atoms with Crippen molar-refractivity contribution in [2.24, 2.45) is 0 Å². The first-order chi connectivity index (χ1) is 17.9. The lowest BCUT2D eigenvalue weighted by molar-refractivity contribution is 0.464. The van der Waals surface area contributed by atoms with Crippen molar-refractivity contribution in [2.45, 2.75) is 23.6 Å². The van der Waals surface area contributed by atoms with E-state index >= 15 is 0 Å². The smallest absolute Gasteiger partial charge is 0.339 e. The lowest BCUT2D eigenvalue weighted by atomic mass is 10.0. The van der Waals surface area contributed by atoms with E-state index in [1.54, 1.807) is 50.2 Å². The average Bonchev–Trinajstić information content (AvgIpc) is 2.86. The second-order valence-electron chi connectivity index (χ2n) is 8.78. The third-order valence-corrected chi connectivity index (χ3v) is 8.60. The van der Waals surface area contributed by atoms with Crippen molar-refractivity contribution in [3.05, 3.63) is 96.1 Å². The summed E-state index contributed by atoms with van der Waals surface area (Å²) in [5, 5.41) is 22.0. The largest absolute Gasteiger partial charge is 0.508 e. The highest BCUT2D eigenvalue weighted by molar-refractivity contribution is 7.87. The zero-order valence-corrected chi connectivity index (χ0v) is 21.9. The normalized spacial score (nSPS) is 12.1. The molecule has 0 aromatic heterocycles. The van der Waals surface area contributed by atoms with Crippen LogP contribution >= 0.6 is 0 Å². The third kappa shape index (κ3) is 4.71. The Kier molecular flexibility index (Phi) is 6.16. The van der Waals surface area contributed by atoms with Crippen LogP contribution in [0.4, 0.5) is 0 Å². The zero-order chi connectivity index (χ0) is 27.2. The summed E-state index contributed by atoms with van der Waals surface area (Å²) >= 11 is 0. The topological polar surface area (TPSA) is 127 Å². The molecule has 0 unspecified atom stereocenters. The highest BCUT2D eigenvalue weighted by Crippen LogP contribution is 2.36. The molecule has 10 heteroatoms. The van der Waals surface area contributed by atoms with E-state index in [1.165, 1.54) is 36.4 Å². The molecule has 0 atom stereocenters. The molecule has 0 spiro atoms. The Hall–Kier alpha value is -4.28. The Morgan fingerprint density at radius 1 is 0.553 bits per heavy atom. The Balaban J connectivity index is 1.56. The average molecular weight is 551 g/mol. The second kappa shape index (κ2) is 9.23. The number of benzene rings is 5. The first-order valence-corrected chi connectivity index (χ1v) is 14.2. The van der Waals surface area contributed by atoms with E-state index in [2.05, 4.69) is 0 Å². The van der Waals surface area contributed by atoms with E-state index < -0.39 is 20.2 Å². The molecule has 0 amide bonds. The first-order valence-electron chi connectivity index (χ1n) is 11.4. The summed E-state index contributed by atoms with van der Waals surface area (Å²) in [7, 11) is -8.50. The molecule has 2 N–H and O–H groups in total. The van der Waals surface area contributed by atoms with Crippen LogP contribution in [0.25, 0.3) is 21.5 Å². The van der Waals surface area contributed by atoms with Crippen molar-refractivity contribution >= 4 is 41.8 Å². The summed E-state index contributed by atoms with van der Waals surface area (Å²) in [6.07, 6.45) is 0. The lowest BCUT2D eigenvalue weighted by Gasteiger charge is -2.13. The third-order valence-electron chi connectivity index (χ3n) is 6.14. The van der Waals surface area contributed by atoms with Crippen LogP contribution in [-0.4, -0.2) is 27.0 Å². The Morgan fingerprint density at radius 2 is 0.947 bits per heavy atom. The zero-order valence-electron chi connectivity index (χ0n) is 20.2. The Labute approximate surface area is 219 Å². The Bertz CT molecular complexity index is 1800. The molecule has 0 aliphatic rings. The fraction of sp³-hybridized carbons (Fsp3) is 0.0714. The van der Waals surface area contributed by atoms with Gasteiger partial charge in [0.1, 0.15) is 21.3 Å². The number of phenolic OH excluding ortho intramolecular Hbond substituents is 2. The molecule has 0 fully saturated rings. The van der Waals surface area contributed by atoms with Crippen molar-refractivity contribution in [3.8, 4) is 23.0 Å². The molecule has 0 bridgehead atoms. The van der Waals surface area contributed by atoms with Gasteiger partial charge in [-0.3, -0.25) is 0 Å². The van der Waals surface area contributed by atoms with Gasteiger partial charge in [0.15, 0.2) is 11.5 Å². The number of aromatic hydroxyl groups is 2. The number of hydrogen-bond donors (Lipinski definition) is 2. The van der Waals surface area contributed by atoms with Crippen molar-refractivity contribution < 1.29 is 35.4 Å². The number of phenols is 2. The quantitative estimate of drug-likeness (QED) is 0.208.